The molecule has 80 heavy (non-hydrogen) atoms. The Bertz CT molecular complexity index is 4880. The maximum Gasteiger partial charge on any atom is -0.00932 e. The zero-order chi connectivity index (χ0) is 45.5. The summed E-state index contributed by atoms with van der Waals surface area (Å²) in [4.78, 5) is 0. The molecule has 0 saturated heterocycles. The minimum absolute atomic E-state index is 0.973. The number of rotatable bonds is 0. The van der Waals surface area contributed by atoms with Crippen molar-refractivity contribution in [3.63, 3.8) is 0 Å². The minimum Gasteiger partial charge on any atom is -0.0616 e. The first-order valence-corrected chi connectivity index (χ1v) is 39.6. The zero-order valence-electron chi connectivity index (χ0n) is 45.5. The fourth-order valence-electron chi connectivity index (χ4n) is 74.5. The van der Waals surface area contributed by atoms with Crippen molar-refractivity contribution in [1.82, 2.24) is 0 Å². The zero-order valence-corrected chi connectivity index (χ0v) is 45.5. The summed E-state index contributed by atoms with van der Waals surface area (Å²) in [5, 5.41) is 0. The van der Waals surface area contributed by atoms with E-state index in [2.05, 4.69) is 6.92 Å². The van der Waals surface area contributed by atoms with Crippen LogP contribution in [0.1, 0.15) is 45.4 Å². The van der Waals surface area contributed by atoms with Crippen LogP contribution in [0.25, 0.3) is 0 Å². The lowest BCUT2D eigenvalue weighted by molar-refractivity contribution is -0.960. The Balaban J connectivity index is 0.441. The SMILES string of the molecule is CC1C2C3C4C5C6C7C8C9C%10C%11C%12C%13C%14C%15C%16C%17C%18C%19C%20C%21C%22C%23CC%24CC%25C%26C%27C%28C%29C%30C%31C%32C%33C%34C%35C%36C%37C%38C%39C%40C%41C%42C%43C%44(CC3%45C%44C3C%44C%46CC%47CCC%47%46C1%44C23%45)C4C5%43C6%42C7%41C8%40C9%39C%10%38C%11%37C%12%36C%13%35C%14%34C%15%33C%16%32C%17%31C%18%30C%19%29C%20%28C%21%27C%22%26C%24%23%25. The van der Waals surface area contributed by atoms with Gasteiger partial charge < -0.3 is 0 Å². The van der Waals surface area contributed by atoms with Gasteiger partial charge in [-0.15, -0.1) is 0 Å². The Morgan fingerprint density at radius 2 is 0.588 bits per heavy atom. The van der Waals surface area contributed by atoms with E-state index in [9.17, 15) is 0 Å². The van der Waals surface area contributed by atoms with Crippen LogP contribution in [0, 0.1) is 420 Å². The molecule has 0 heteroatoms. The smallest absolute Gasteiger partial charge is 0.00932 e. The molecular formula is C80H64. The Labute approximate surface area is 462 Å². The van der Waals surface area contributed by atoms with Gasteiger partial charge >= 0.3 is 0 Å². The molecule has 73 atom stereocenters. The highest BCUT2D eigenvalue weighted by molar-refractivity contribution is 5.89. The second-order valence-corrected chi connectivity index (χ2v) is 49.5. The van der Waals surface area contributed by atoms with Crippen molar-refractivity contribution >= 4 is 0 Å². The standard InChI is InChI=1S/C80H64/c1-8-15-19-14-20-23-26-29-32-35-38-41-44-42-39-36-33-30-27-24-21-17-12-5-10-6-13-18-22-25-28-31-34-37-40-43-45-46-47-48-49-50-51-53-56-57(7-59(19)55(57)52-16-11-4-9-2-3-58(9,11)62(8,16)63(15,52)59)54(14)61(20,56)65(23,53)67(26,51)69(29,50)71(32,49)73(35,48)75(38,47)77(41,46)79(44,45)80(42,43)78(39,40)76(36,37)74(33,34)72(30,31)70(27,28)68(24,25)66(21,22)64(17,18)60(10,12)13/h8-56H,2-7H2,1H3. The summed E-state index contributed by atoms with van der Waals surface area (Å²) in [5.41, 5.74) is 25.6. The molecule has 2 bridgehead atoms. The third kappa shape index (κ3) is 0.957. The van der Waals surface area contributed by atoms with E-state index >= 15 is 0 Å². The molecule has 0 radical (unpaired) electrons. The highest BCUT2D eigenvalue weighted by Gasteiger charge is 3.43. The van der Waals surface area contributed by atoms with Gasteiger partial charge in [-0.1, -0.05) is 6.92 Å². The van der Waals surface area contributed by atoms with Crippen LogP contribution in [0.3, 0.4) is 0 Å². The van der Waals surface area contributed by atoms with Crippen molar-refractivity contribution in [2.24, 2.45) is 420 Å². The van der Waals surface area contributed by atoms with Crippen molar-refractivity contribution in [2.45, 2.75) is 45.4 Å². The molecule has 0 amide bonds. The van der Waals surface area contributed by atoms with Gasteiger partial charge in [0.25, 0.3) is 0 Å². The van der Waals surface area contributed by atoms with Crippen LogP contribution in [-0.2, 0) is 0 Å². The van der Waals surface area contributed by atoms with E-state index in [-0.39, 0.29) is 0 Å². The lowest BCUT2D eigenvalue weighted by Crippen LogP contribution is -3.39. The molecule has 24 spiro atoms. The molecule has 73 unspecified atom stereocenters. The molecule has 0 N–H and O–H groups in total. The Hall–Kier alpha value is 0. The van der Waals surface area contributed by atoms with E-state index in [4.69, 9.17) is 0 Å². The van der Waals surface area contributed by atoms with Crippen molar-refractivity contribution in [1.29, 1.82) is 0 Å². The van der Waals surface area contributed by atoms with Crippen LogP contribution in [0.5, 0.6) is 0 Å². The molecule has 0 aromatic rings. The van der Waals surface area contributed by atoms with Gasteiger partial charge in [-0.3, -0.25) is 0 Å². The predicted octanol–water partition coefficient (Wildman–Crippen LogP) is 8.88. The lowest BCUT2D eigenvalue weighted by atomic mass is 8.62. The number of hydrogen-bond acceptors (Lipinski definition) is 0. The summed E-state index contributed by atoms with van der Waals surface area (Å²) in [6.07, 6.45) is 10.6. The van der Waals surface area contributed by atoms with E-state index in [0.717, 1.165) is 130 Å². The Morgan fingerprint density at radius 3 is 0.988 bits per heavy atom. The molecule has 49 fully saturated rings. The van der Waals surface area contributed by atoms with Crippen molar-refractivity contribution in [2.75, 3.05) is 0 Å². The van der Waals surface area contributed by atoms with Gasteiger partial charge in [0.15, 0.2) is 0 Å². The fourth-order valence-corrected chi connectivity index (χ4v) is 74.5. The average Bonchev–Trinajstić information content (AvgIpc) is 0.484. The third-order valence-electron chi connectivity index (χ3n) is 63.0. The van der Waals surface area contributed by atoms with Crippen LogP contribution < -0.4 is 0 Å². The molecule has 0 aliphatic heterocycles. The Morgan fingerprint density at radius 1 is 0.237 bits per heavy atom. The average molecular weight is 1030 g/mol. The summed E-state index contributed by atoms with van der Waals surface area (Å²) in [5.74, 6) is 67.1. The summed E-state index contributed by atoms with van der Waals surface area (Å²) >= 11 is 0. The van der Waals surface area contributed by atoms with Gasteiger partial charge in [0.05, 0.1) is 0 Å². The van der Waals surface area contributed by atoms with Gasteiger partial charge in [-0.2, -0.15) is 0 Å². The van der Waals surface area contributed by atoms with Crippen molar-refractivity contribution in [3.05, 3.63) is 0 Å². The first-order valence-electron chi connectivity index (χ1n) is 39.6. The number of fused-ring (bicyclic) bond motifs is 41. The molecule has 49 rings (SSSR count). The second kappa shape index (κ2) is 5.45. The van der Waals surface area contributed by atoms with Crippen LogP contribution in [0.2, 0.25) is 0 Å². The van der Waals surface area contributed by atoms with E-state index in [1.807, 2.05) is 6.42 Å². The molecule has 0 heterocycles. The Kier molecular flexibility index (Phi) is 2.08. The van der Waals surface area contributed by atoms with E-state index in [0.29, 0.717) is 0 Å². The van der Waals surface area contributed by atoms with Crippen LogP contribution >= 0.6 is 0 Å². The number of hydrogen-bond donors (Lipinski definition) is 0. The van der Waals surface area contributed by atoms with Gasteiger partial charge in [0.1, 0.15) is 0 Å². The predicted molar refractivity (Wildman–Crippen MR) is 263 cm³/mol. The van der Waals surface area contributed by atoms with Gasteiger partial charge in [0.2, 0.25) is 0 Å². The lowest BCUT2D eigenvalue weighted by Gasteiger charge is -3.41. The summed E-state index contributed by atoms with van der Waals surface area (Å²) < 4.78 is 0. The molecular weight excluding hydrogens is 961 g/mol. The third-order valence-corrected chi connectivity index (χ3v) is 63.0. The van der Waals surface area contributed by atoms with Gasteiger partial charge in [0, 0.05) is 0 Å². The molecule has 384 valence electrons. The second-order valence-electron chi connectivity index (χ2n) is 49.5. The van der Waals surface area contributed by atoms with Crippen LogP contribution in [0.15, 0.2) is 0 Å². The minimum atomic E-state index is 0.973. The van der Waals surface area contributed by atoms with Crippen molar-refractivity contribution in [3.8, 4) is 0 Å². The maximum absolute atomic E-state index is 3.00. The quantitative estimate of drug-likeness (QED) is 0.228. The van der Waals surface area contributed by atoms with E-state index < -0.39 is 0 Å². The van der Waals surface area contributed by atoms with Crippen LogP contribution in [-0.4, -0.2) is 0 Å². The van der Waals surface area contributed by atoms with E-state index in [1.165, 1.54) is 290 Å². The molecule has 0 aromatic carbocycles. The van der Waals surface area contributed by atoms with Gasteiger partial charge in [-0.05, 0) is 458 Å². The molecule has 0 nitrogen and oxygen atoms in total. The molecule has 49 aliphatic rings. The maximum atomic E-state index is 3.00. The molecule has 49 aliphatic carbocycles. The summed E-state index contributed by atoms with van der Waals surface area (Å²) in [6, 6.07) is 0. The topological polar surface area (TPSA) is 0 Å². The van der Waals surface area contributed by atoms with Crippen molar-refractivity contribution < 1.29 is 0 Å². The summed E-state index contributed by atoms with van der Waals surface area (Å²) in [7, 11) is 0. The highest BCUT2D eigenvalue weighted by Crippen LogP contribution is 3.45. The van der Waals surface area contributed by atoms with Gasteiger partial charge in [-0.25, -0.2) is 0 Å². The highest BCUT2D eigenvalue weighted by atomic mass is 15.5. The fraction of sp³-hybridized carbons (Fsp3) is 1.00. The van der Waals surface area contributed by atoms with E-state index in [1.54, 1.807) is 32.1 Å². The summed E-state index contributed by atoms with van der Waals surface area (Å²) in [6.45, 7) is 3.00. The normalized spacial score (nSPS) is 126. The first kappa shape index (κ1) is 30.5. The molecule has 0 aromatic heterocycles. The largest absolute Gasteiger partial charge is 0.0616 e. The molecule has 49 saturated carbocycles. The monoisotopic (exact) mass is 1020 g/mol. The van der Waals surface area contributed by atoms with Crippen LogP contribution in [0.4, 0.5) is 0 Å². The first-order chi connectivity index (χ1) is 39.6.